The molecule has 0 aromatic heterocycles. The van der Waals surface area contributed by atoms with Crippen molar-refractivity contribution >= 4 is 11.8 Å². The number of ketones is 1. The van der Waals surface area contributed by atoms with Gasteiger partial charge in [0.05, 0.1) is 0 Å². The Morgan fingerprint density at radius 3 is 2.40 bits per heavy atom. The van der Waals surface area contributed by atoms with Crippen LogP contribution in [0.25, 0.3) is 0 Å². The fourth-order valence-corrected chi connectivity index (χ4v) is 1.73. The number of hydrogen-bond donors (Lipinski definition) is 0. The van der Waals surface area contributed by atoms with E-state index in [4.69, 9.17) is 4.74 Å². The van der Waals surface area contributed by atoms with Gasteiger partial charge in [0, 0.05) is 24.8 Å². The minimum Gasteiger partial charge on any atom is -0.431 e. The predicted octanol–water partition coefficient (Wildman–Crippen LogP) is 2.75. The van der Waals surface area contributed by atoms with Crippen LogP contribution in [0.4, 0.5) is 0 Å². The lowest BCUT2D eigenvalue weighted by Crippen LogP contribution is -2.14. The lowest BCUT2D eigenvalue weighted by molar-refractivity contribution is -0.139. The molecule has 1 rings (SSSR count). The molecule has 0 radical (unpaired) electrons. The van der Waals surface area contributed by atoms with Crippen LogP contribution < -0.4 is 0 Å². The van der Waals surface area contributed by atoms with E-state index in [1.54, 1.807) is 6.92 Å². The van der Waals surface area contributed by atoms with Gasteiger partial charge >= 0.3 is 5.97 Å². The van der Waals surface area contributed by atoms with E-state index in [1.165, 1.54) is 0 Å². The van der Waals surface area contributed by atoms with Crippen molar-refractivity contribution in [3.8, 4) is 0 Å². The van der Waals surface area contributed by atoms with Crippen molar-refractivity contribution < 1.29 is 14.3 Å². The summed E-state index contributed by atoms with van der Waals surface area (Å²) in [6, 6.07) is 0. The number of carbonyl (C=O) groups excluding carboxylic acids is 2. The highest BCUT2D eigenvalue weighted by molar-refractivity contribution is 5.96. The Bertz CT molecular complexity index is 289. The maximum atomic E-state index is 11.6. The van der Waals surface area contributed by atoms with E-state index < -0.39 is 0 Å². The second kappa shape index (κ2) is 5.69. The summed E-state index contributed by atoms with van der Waals surface area (Å²) in [5.74, 6) is 0.492. The van der Waals surface area contributed by atoms with Crippen molar-refractivity contribution in [3.63, 3.8) is 0 Å². The molecule has 0 saturated heterocycles. The molecule has 0 heterocycles. The van der Waals surface area contributed by atoms with Crippen LogP contribution in [0.5, 0.6) is 0 Å². The number of ether oxygens (including phenoxy) is 1. The second-order valence-electron chi connectivity index (χ2n) is 3.71. The fourth-order valence-electron chi connectivity index (χ4n) is 1.73. The van der Waals surface area contributed by atoms with Crippen LogP contribution in [-0.4, -0.2) is 11.8 Å². The standard InChI is InChI=1S/C12H18O3/c1-3-11(15-12(14)4-2)9-7-5-6-8-10(9)13/h3-8H2,1-2H3. The van der Waals surface area contributed by atoms with Crippen molar-refractivity contribution in [2.24, 2.45) is 0 Å². The summed E-state index contributed by atoms with van der Waals surface area (Å²) in [5.41, 5.74) is 0.741. The van der Waals surface area contributed by atoms with Gasteiger partial charge in [-0.2, -0.15) is 0 Å². The van der Waals surface area contributed by atoms with Crippen LogP contribution >= 0.6 is 0 Å². The summed E-state index contributed by atoms with van der Waals surface area (Å²) < 4.78 is 5.18. The van der Waals surface area contributed by atoms with Crippen LogP contribution in [0.1, 0.15) is 52.4 Å². The van der Waals surface area contributed by atoms with Crippen molar-refractivity contribution in [2.75, 3.05) is 0 Å². The first-order valence-corrected chi connectivity index (χ1v) is 5.64. The quantitative estimate of drug-likeness (QED) is 0.408. The Balaban J connectivity index is 2.80. The first kappa shape index (κ1) is 12.0. The summed E-state index contributed by atoms with van der Waals surface area (Å²) in [4.78, 5) is 22.8. The zero-order chi connectivity index (χ0) is 11.3. The minimum absolute atomic E-state index is 0.155. The molecule has 1 aliphatic rings. The number of rotatable bonds is 3. The third-order valence-corrected chi connectivity index (χ3v) is 2.60. The van der Waals surface area contributed by atoms with Gasteiger partial charge < -0.3 is 4.74 Å². The van der Waals surface area contributed by atoms with Crippen molar-refractivity contribution in [2.45, 2.75) is 52.4 Å². The van der Waals surface area contributed by atoms with Gasteiger partial charge in [-0.1, -0.05) is 13.8 Å². The maximum absolute atomic E-state index is 11.6. The molecule has 0 amide bonds. The monoisotopic (exact) mass is 210 g/mol. The first-order valence-electron chi connectivity index (χ1n) is 5.64. The lowest BCUT2D eigenvalue weighted by atomic mass is 9.92. The molecule has 84 valence electrons. The van der Waals surface area contributed by atoms with Gasteiger partial charge in [-0.05, 0) is 19.3 Å². The molecular formula is C12H18O3. The molecular weight excluding hydrogens is 192 g/mol. The first-order chi connectivity index (χ1) is 7.19. The third-order valence-electron chi connectivity index (χ3n) is 2.60. The van der Waals surface area contributed by atoms with Gasteiger partial charge in [-0.3, -0.25) is 9.59 Å². The molecule has 0 aliphatic heterocycles. The molecule has 0 aromatic rings. The van der Waals surface area contributed by atoms with Crippen LogP contribution in [0.2, 0.25) is 0 Å². The number of carbonyl (C=O) groups is 2. The molecule has 1 aliphatic carbocycles. The lowest BCUT2D eigenvalue weighted by Gasteiger charge is -2.16. The van der Waals surface area contributed by atoms with Gasteiger partial charge in [0.15, 0.2) is 5.78 Å². The van der Waals surface area contributed by atoms with E-state index in [2.05, 4.69) is 0 Å². The van der Waals surface area contributed by atoms with Gasteiger partial charge in [0.1, 0.15) is 5.76 Å². The van der Waals surface area contributed by atoms with Gasteiger partial charge in [-0.15, -0.1) is 0 Å². The van der Waals surface area contributed by atoms with Crippen LogP contribution in [0, 0.1) is 0 Å². The van der Waals surface area contributed by atoms with Crippen LogP contribution in [0.15, 0.2) is 11.3 Å². The molecule has 3 heteroatoms. The van der Waals surface area contributed by atoms with Gasteiger partial charge in [-0.25, -0.2) is 0 Å². The van der Waals surface area contributed by atoms with Gasteiger partial charge in [0.25, 0.3) is 0 Å². The molecule has 0 N–H and O–H groups in total. The Hall–Kier alpha value is -1.12. The normalized spacial score (nSPS) is 20.0. The zero-order valence-corrected chi connectivity index (χ0v) is 9.47. The number of hydrogen-bond acceptors (Lipinski definition) is 3. The van der Waals surface area contributed by atoms with Crippen molar-refractivity contribution in [1.29, 1.82) is 0 Å². The summed E-state index contributed by atoms with van der Waals surface area (Å²) >= 11 is 0. The van der Waals surface area contributed by atoms with E-state index in [9.17, 15) is 9.59 Å². The fraction of sp³-hybridized carbons (Fsp3) is 0.667. The molecule has 1 saturated carbocycles. The van der Waals surface area contributed by atoms with Crippen LogP contribution in [0.3, 0.4) is 0 Å². The van der Waals surface area contributed by atoms with E-state index in [1.807, 2.05) is 6.92 Å². The Kier molecular flexibility index (Phi) is 4.53. The highest BCUT2D eigenvalue weighted by Gasteiger charge is 2.20. The number of esters is 1. The topological polar surface area (TPSA) is 43.4 Å². The summed E-state index contributed by atoms with van der Waals surface area (Å²) in [7, 11) is 0. The summed E-state index contributed by atoms with van der Waals surface area (Å²) in [5, 5.41) is 0. The minimum atomic E-state index is -0.252. The molecule has 0 aromatic carbocycles. The average Bonchev–Trinajstić information content (AvgIpc) is 2.26. The highest BCUT2D eigenvalue weighted by Crippen LogP contribution is 2.25. The Morgan fingerprint density at radius 2 is 1.87 bits per heavy atom. The average molecular weight is 210 g/mol. The van der Waals surface area contributed by atoms with Crippen molar-refractivity contribution in [3.05, 3.63) is 11.3 Å². The predicted molar refractivity (Wildman–Crippen MR) is 57.2 cm³/mol. The van der Waals surface area contributed by atoms with E-state index in [0.717, 1.165) is 24.8 Å². The molecule has 1 fully saturated rings. The molecule has 0 spiro atoms. The van der Waals surface area contributed by atoms with E-state index in [-0.39, 0.29) is 11.8 Å². The summed E-state index contributed by atoms with van der Waals surface area (Å²) in [6.45, 7) is 3.66. The van der Waals surface area contributed by atoms with Gasteiger partial charge in [0.2, 0.25) is 0 Å². The zero-order valence-electron chi connectivity index (χ0n) is 9.47. The molecule has 15 heavy (non-hydrogen) atoms. The smallest absolute Gasteiger partial charge is 0.310 e. The molecule has 0 atom stereocenters. The van der Waals surface area contributed by atoms with E-state index in [0.29, 0.717) is 25.0 Å². The second-order valence-corrected chi connectivity index (χ2v) is 3.71. The molecule has 0 unspecified atom stereocenters. The Labute approximate surface area is 90.5 Å². The number of allylic oxidation sites excluding steroid dienone is 2. The third kappa shape index (κ3) is 3.18. The highest BCUT2D eigenvalue weighted by atomic mass is 16.5. The van der Waals surface area contributed by atoms with E-state index >= 15 is 0 Å². The summed E-state index contributed by atoms with van der Waals surface area (Å²) in [6.07, 6.45) is 4.31. The number of Topliss-reactive ketones (excluding diaryl/α,β-unsaturated/α-hetero) is 1. The largest absolute Gasteiger partial charge is 0.431 e. The van der Waals surface area contributed by atoms with Crippen LogP contribution in [-0.2, 0) is 14.3 Å². The Morgan fingerprint density at radius 1 is 1.20 bits per heavy atom. The van der Waals surface area contributed by atoms with Crippen molar-refractivity contribution in [1.82, 2.24) is 0 Å². The maximum Gasteiger partial charge on any atom is 0.310 e. The molecule has 3 nitrogen and oxygen atoms in total. The molecule has 0 bridgehead atoms. The SMILES string of the molecule is CCC(=O)OC(CC)=C1CCCCC1=O.